The van der Waals surface area contributed by atoms with E-state index in [1.54, 1.807) is 23.5 Å². The van der Waals surface area contributed by atoms with Crippen molar-refractivity contribution in [2.24, 2.45) is 0 Å². The van der Waals surface area contributed by atoms with E-state index >= 15 is 0 Å². The van der Waals surface area contributed by atoms with Crippen molar-refractivity contribution in [3.8, 4) is 28.3 Å². The first-order valence-corrected chi connectivity index (χ1v) is 10.8. The zero-order chi connectivity index (χ0) is 21.4. The molecule has 0 unspecified atom stereocenters. The van der Waals surface area contributed by atoms with E-state index < -0.39 is 0 Å². The Morgan fingerprint density at radius 1 is 1.06 bits per heavy atom. The summed E-state index contributed by atoms with van der Waals surface area (Å²) in [4.78, 5) is 9.36. The van der Waals surface area contributed by atoms with Crippen LogP contribution in [0.4, 0.5) is 4.39 Å². The second-order valence-corrected chi connectivity index (χ2v) is 8.51. The van der Waals surface area contributed by atoms with E-state index in [-0.39, 0.29) is 19.0 Å². The normalized spacial score (nSPS) is 11.5. The van der Waals surface area contributed by atoms with Crippen LogP contribution >= 0.6 is 11.3 Å². The molecule has 7 heteroatoms. The van der Waals surface area contributed by atoms with Gasteiger partial charge in [-0.25, -0.2) is 14.4 Å². The molecular weight excluding hydrogens is 413 g/mol. The molecule has 5 rings (SSSR count). The number of fused-ring (bicyclic) bond motifs is 2. The minimum absolute atomic E-state index is 0.0977. The number of hydrogen-bond acceptors (Lipinski definition) is 5. The molecule has 0 saturated carbocycles. The zero-order valence-electron chi connectivity index (χ0n) is 16.9. The number of halogens is 1. The Balaban J connectivity index is 1.44. The van der Waals surface area contributed by atoms with Crippen LogP contribution in [0.2, 0.25) is 0 Å². The minimum Gasteiger partial charge on any atom is -0.491 e. The van der Waals surface area contributed by atoms with Crippen LogP contribution in [0.25, 0.3) is 32.7 Å². The van der Waals surface area contributed by atoms with Crippen LogP contribution in [0.5, 0.6) is 5.75 Å². The fourth-order valence-corrected chi connectivity index (χ4v) is 4.63. The van der Waals surface area contributed by atoms with Crippen LogP contribution in [0.1, 0.15) is 10.6 Å². The molecule has 31 heavy (non-hydrogen) atoms. The Labute approximate surface area is 182 Å². The highest BCUT2D eigenvalue weighted by molar-refractivity contribution is 7.18. The molecule has 0 spiro atoms. The quantitative estimate of drug-likeness (QED) is 0.403. The number of thiazole rings is 1. The molecule has 3 aromatic rings. The molecule has 0 aliphatic carbocycles. The number of pyridine rings is 1. The topological polar surface area (TPSA) is 60.2 Å². The van der Waals surface area contributed by atoms with E-state index in [2.05, 4.69) is 30.1 Å². The van der Waals surface area contributed by atoms with Crippen molar-refractivity contribution in [1.82, 2.24) is 14.5 Å². The van der Waals surface area contributed by atoms with E-state index in [0.29, 0.717) is 23.6 Å². The molecule has 0 bridgehead atoms. The number of rotatable bonds is 6. The monoisotopic (exact) mass is 433 g/mol. The Kier molecular flexibility index (Phi) is 5.13. The fraction of sp³-hybridized carbons (Fsp3) is 0.167. The third kappa shape index (κ3) is 4.02. The first kappa shape index (κ1) is 19.7. The molecule has 1 aromatic heterocycles. The van der Waals surface area contributed by atoms with Crippen LogP contribution in [-0.4, -0.2) is 32.9 Å². The van der Waals surface area contributed by atoms with Crippen LogP contribution in [0, 0.1) is 12.7 Å². The van der Waals surface area contributed by atoms with Gasteiger partial charge in [-0.1, -0.05) is 6.07 Å². The number of nitrogens with zero attached hydrogens (tertiary/aromatic N) is 3. The fourth-order valence-electron chi connectivity index (χ4n) is 3.55. The average molecular weight is 434 g/mol. The lowest BCUT2D eigenvalue weighted by Crippen LogP contribution is -2.01. The van der Waals surface area contributed by atoms with Gasteiger partial charge in [0.1, 0.15) is 23.2 Å². The summed E-state index contributed by atoms with van der Waals surface area (Å²) < 4.78 is 23.1. The molecule has 5 nitrogen and oxygen atoms in total. The number of ether oxygens (including phenoxy) is 1. The summed E-state index contributed by atoms with van der Waals surface area (Å²) in [6.07, 6.45) is 3.95. The number of aromatic nitrogens is 3. The summed E-state index contributed by atoms with van der Waals surface area (Å²) >= 11 is 1.69. The first-order chi connectivity index (χ1) is 15.1. The van der Waals surface area contributed by atoms with Crippen molar-refractivity contribution in [1.29, 1.82) is 0 Å². The number of aliphatic hydroxyl groups is 1. The molecule has 0 saturated heterocycles. The molecule has 2 aliphatic rings. The summed E-state index contributed by atoms with van der Waals surface area (Å²) in [6.45, 7) is 2.79. The molecule has 2 aliphatic heterocycles. The lowest BCUT2D eigenvalue weighted by molar-refractivity contribution is 0.201. The molecule has 0 fully saturated rings. The summed E-state index contributed by atoms with van der Waals surface area (Å²) in [7, 11) is 0. The van der Waals surface area contributed by atoms with Gasteiger partial charge in [0, 0.05) is 23.5 Å². The van der Waals surface area contributed by atoms with Crippen molar-refractivity contribution in [3.63, 3.8) is 0 Å². The summed E-state index contributed by atoms with van der Waals surface area (Å²) in [6, 6.07) is 14.6. The Morgan fingerprint density at radius 2 is 1.97 bits per heavy atom. The van der Waals surface area contributed by atoms with Crippen molar-refractivity contribution < 1.29 is 14.2 Å². The molecule has 3 heterocycles. The van der Waals surface area contributed by atoms with Gasteiger partial charge in [-0.2, -0.15) is 0 Å². The van der Waals surface area contributed by atoms with E-state index in [0.717, 1.165) is 21.8 Å². The maximum absolute atomic E-state index is 14.4. The van der Waals surface area contributed by atoms with Crippen molar-refractivity contribution in [2.45, 2.75) is 13.5 Å². The van der Waals surface area contributed by atoms with Gasteiger partial charge in [0.2, 0.25) is 0 Å². The SMILES string of the molecule is Cc1ccc2nc(Cn3ccc4cc(-c5cc(OCCO)ccc5F)nc-4c3)sc2c1. The average Bonchev–Trinajstić information content (AvgIpc) is 3.35. The van der Waals surface area contributed by atoms with Crippen LogP contribution < -0.4 is 4.74 Å². The molecular formula is C24H20FN3O2S. The highest BCUT2D eigenvalue weighted by atomic mass is 32.1. The Hall–Kier alpha value is -3.29. The maximum Gasteiger partial charge on any atom is 0.132 e. The Morgan fingerprint density at radius 3 is 2.84 bits per heavy atom. The van der Waals surface area contributed by atoms with Crippen molar-refractivity contribution in [2.75, 3.05) is 13.2 Å². The second kappa shape index (κ2) is 8.09. The van der Waals surface area contributed by atoms with Crippen LogP contribution in [0.15, 0.2) is 60.9 Å². The van der Waals surface area contributed by atoms with Crippen molar-refractivity contribution in [3.05, 3.63) is 77.3 Å². The van der Waals surface area contributed by atoms with Gasteiger partial charge >= 0.3 is 0 Å². The third-order valence-corrected chi connectivity index (χ3v) is 6.05. The van der Waals surface area contributed by atoms with E-state index in [1.807, 2.05) is 29.1 Å². The van der Waals surface area contributed by atoms with Gasteiger partial charge < -0.3 is 14.4 Å². The standard InChI is InChI=1S/C24H20FN3O2S/c1-15-2-5-20-23(10-15)31-24(27-20)14-28-7-6-16-11-21(26-22(16)13-28)18-12-17(30-9-8-29)3-4-19(18)25/h2-7,10-13,29H,8-9,14H2,1H3. The van der Waals surface area contributed by atoms with E-state index in [9.17, 15) is 4.39 Å². The van der Waals surface area contributed by atoms with E-state index in [1.165, 1.54) is 16.3 Å². The van der Waals surface area contributed by atoms with E-state index in [4.69, 9.17) is 14.8 Å². The number of benzene rings is 2. The highest BCUT2D eigenvalue weighted by Crippen LogP contribution is 2.32. The highest BCUT2D eigenvalue weighted by Gasteiger charge is 2.15. The van der Waals surface area contributed by atoms with Gasteiger partial charge in [0.05, 0.1) is 34.8 Å². The summed E-state index contributed by atoms with van der Waals surface area (Å²) in [5, 5.41) is 9.96. The zero-order valence-corrected chi connectivity index (χ0v) is 17.7. The molecule has 0 amide bonds. The van der Waals surface area contributed by atoms with Gasteiger partial charge in [0.15, 0.2) is 0 Å². The lowest BCUT2D eigenvalue weighted by atomic mass is 10.1. The number of aryl methyl sites for hydroxylation is 1. The molecule has 156 valence electrons. The van der Waals surface area contributed by atoms with Crippen LogP contribution in [0.3, 0.4) is 0 Å². The molecule has 0 atom stereocenters. The number of aliphatic hydroxyl groups excluding tert-OH is 1. The third-order valence-electron chi connectivity index (χ3n) is 5.04. The van der Waals surface area contributed by atoms with Gasteiger partial charge in [-0.15, -0.1) is 11.3 Å². The predicted molar refractivity (Wildman–Crippen MR) is 120 cm³/mol. The summed E-state index contributed by atoms with van der Waals surface area (Å²) in [5.41, 5.74) is 4.89. The van der Waals surface area contributed by atoms with Gasteiger partial charge in [-0.3, -0.25) is 0 Å². The number of hydrogen-bond donors (Lipinski definition) is 1. The Bertz CT molecular complexity index is 1340. The molecule has 0 radical (unpaired) electrons. The minimum atomic E-state index is -0.364. The first-order valence-electron chi connectivity index (χ1n) is 9.95. The maximum atomic E-state index is 14.4. The summed E-state index contributed by atoms with van der Waals surface area (Å²) in [5.74, 6) is 0.135. The molecule has 2 aromatic carbocycles. The lowest BCUT2D eigenvalue weighted by Gasteiger charge is -2.06. The predicted octanol–water partition coefficient (Wildman–Crippen LogP) is 5.13. The molecule has 1 N–H and O–H groups in total. The second-order valence-electron chi connectivity index (χ2n) is 7.39. The van der Waals surface area contributed by atoms with Crippen molar-refractivity contribution >= 4 is 21.6 Å². The van der Waals surface area contributed by atoms with Gasteiger partial charge in [0.25, 0.3) is 0 Å². The van der Waals surface area contributed by atoms with Crippen LogP contribution in [-0.2, 0) is 6.54 Å². The largest absolute Gasteiger partial charge is 0.491 e. The smallest absolute Gasteiger partial charge is 0.132 e. The van der Waals surface area contributed by atoms with Gasteiger partial charge in [-0.05, 0) is 55.0 Å².